The third-order valence-corrected chi connectivity index (χ3v) is 5.15. The molecule has 0 amide bonds. The first kappa shape index (κ1) is 20.8. The summed E-state index contributed by atoms with van der Waals surface area (Å²) in [5, 5.41) is 9.70. The second kappa shape index (κ2) is 9.58. The van der Waals surface area contributed by atoms with Gasteiger partial charge in [0.2, 0.25) is 17.8 Å². The molecule has 166 valence electrons. The molecule has 9 heteroatoms. The first-order valence-electron chi connectivity index (χ1n) is 10.6. The molecule has 1 aromatic heterocycles. The van der Waals surface area contributed by atoms with E-state index < -0.39 is 0 Å². The van der Waals surface area contributed by atoms with Crippen LogP contribution in [0.1, 0.15) is 5.56 Å². The van der Waals surface area contributed by atoms with E-state index in [9.17, 15) is 4.39 Å². The van der Waals surface area contributed by atoms with Crippen LogP contribution in [0.5, 0.6) is 0 Å². The van der Waals surface area contributed by atoms with Gasteiger partial charge in [0, 0.05) is 18.8 Å². The molecule has 2 heterocycles. The molecule has 33 heavy (non-hydrogen) atoms. The van der Waals surface area contributed by atoms with Crippen LogP contribution in [-0.4, -0.2) is 47.5 Å². The van der Waals surface area contributed by atoms with Crippen LogP contribution in [0.3, 0.4) is 0 Å². The molecular formula is C24H22FN7O. The second-order valence-electron chi connectivity index (χ2n) is 7.49. The van der Waals surface area contributed by atoms with Crippen molar-refractivity contribution < 1.29 is 9.13 Å². The van der Waals surface area contributed by atoms with Gasteiger partial charge in [-0.1, -0.05) is 42.5 Å². The van der Waals surface area contributed by atoms with E-state index in [4.69, 9.17) is 4.74 Å². The lowest BCUT2D eigenvalue weighted by molar-refractivity contribution is 0.122. The molecule has 1 saturated heterocycles. The summed E-state index contributed by atoms with van der Waals surface area (Å²) < 4.78 is 18.8. The van der Waals surface area contributed by atoms with Crippen LogP contribution in [0.4, 0.5) is 27.9 Å². The maximum atomic E-state index is 13.4. The molecular weight excluding hydrogens is 421 g/mol. The van der Waals surface area contributed by atoms with E-state index in [-0.39, 0.29) is 11.8 Å². The molecule has 8 nitrogen and oxygen atoms in total. The third kappa shape index (κ3) is 5.21. The maximum absolute atomic E-state index is 13.4. The number of nitrogens with zero attached hydrogens (tertiary/aromatic N) is 5. The molecule has 0 radical (unpaired) electrons. The average molecular weight is 443 g/mol. The zero-order chi connectivity index (χ0) is 22.5. The fourth-order valence-corrected chi connectivity index (χ4v) is 3.52. The standard InChI is InChI=1S/C24H22FN7O/c25-20-7-3-4-17(14-20)16-26-31-23-28-22(29-24(30-23)32-10-12-33-13-11-32)27-21-9-8-18-5-1-2-6-19(18)15-21/h1-9,14-16H,10-13H2,(H2,27,28,29,30,31)/b26-16-. The van der Waals surface area contributed by atoms with Crippen LogP contribution >= 0.6 is 0 Å². The van der Waals surface area contributed by atoms with Crippen molar-refractivity contribution in [2.75, 3.05) is 41.9 Å². The number of hydrogen-bond acceptors (Lipinski definition) is 8. The Balaban J connectivity index is 1.41. The Morgan fingerprint density at radius 3 is 2.55 bits per heavy atom. The Morgan fingerprint density at radius 2 is 1.70 bits per heavy atom. The number of morpholine rings is 1. The van der Waals surface area contributed by atoms with Crippen molar-refractivity contribution in [2.45, 2.75) is 0 Å². The lowest BCUT2D eigenvalue weighted by Gasteiger charge is -2.27. The number of fused-ring (bicyclic) bond motifs is 1. The Bertz CT molecular complexity index is 1290. The minimum absolute atomic E-state index is 0.280. The highest BCUT2D eigenvalue weighted by atomic mass is 19.1. The molecule has 2 N–H and O–H groups in total. The Hall–Kier alpha value is -4.11. The highest BCUT2D eigenvalue weighted by Gasteiger charge is 2.17. The predicted molar refractivity (Wildman–Crippen MR) is 128 cm³/mol. The fraction of sp³-hybridized carbons (Fsp3) is 0.167. The van der Waals surface area contributed by atoms with E-state index in [0.29, 0.717) is 43.8 Å². The van der Waals surface area contributed by atoms with Gasteiger partial charge in [-0.15, -0.1) is 0 Å². The van der Waals surface area contributed by atoms with Crippen molar-refractivity contribution in [3.05, 3.63) is 78.1 Å². The van der Waals surface area contributed by atoms with Gasteiger partial charge < -0.3 is 15.0 Å². The monoisotopic (exact) mass is 443 g/mol. The maximum Gasteiger partial charge on any atom is 0.250 e. The number of anilines is 4. The van der Waals surface area contributed by atoms with Crippen molar-refractivity contribution in [2.24, 2.45) is 5.10 Å². The minimum Gasteiger partial charge on any atom is -0.378 e. The number of hydrogen-bond donors (Lipinski definition) is 2. The predicted octanol–water partition coefficient (Wildman–Crippen LogP) is 4.19. The molecule has 5 rings (SSSR count). The first-order chi connectivity index (χ1) is 16.2. The van der Waals surface area contributed by atoms with Crippen LogP contribution in [0.25, 0.3) is 10.8 Å². The number of hydrazone groups is 1. The number of rotatable bonds is 6. The van der Waals surface area contributed by atoms with Crippen LogP contribution in [-0.2, 0) is 4.74 Å². The number of ether oxygens (including phenoxy) is 1. The van der Waals surface area contributed by atoms with Gasteiger partial charge in [-0.3, -0.25) is 0 Å². The summed E-state index contributed by atoms with van der Waals surface area (Å²) in [5.41, 5.74) is 4.32. The number of benzene rings is 3. The zero-order valence-electron chi connectivity index (χ0n) is 17.8. The number of nitrogens with one attached hydrogen (secondary N) is 2. The number of aromatic nitrogens is 3. The topological polar surface area (TPSA) is 87.6 Å². The molecule has 0 aliphatic carbocycles. The molecule has 3 aromatic carbocycles. The average Bonchev–Trinajstić information content (AvgIpc) is 2.84. The second-order valence-corrected chi connectivity index (χ2v) is 7.49. The van der Waals surface area contributed by atoms with Crippen molar-refractivity contribution in [3.8, 4) is 0 Å². The van der Waals surface area contributed by atoms with Crippen molar-refractivity contribution in [1.29, 1.82) is 0 Å². The van der Waals surface area contributed by atoms with Gasteiger partial charge in [0.15, 0.2) is 0 Å². The van der Waals surface area contributed by atoms with E-state index in [1.165, 1.54) is 18.3 Å². The van der Waals surface area contributed by atoms with Crippen LogP contribution in [0.2, 0.25) is 0 Å². The van der Waals surface area contributed by atoms with Crippen LogP contribution in [0.15, 0.2) is 71.8 Å². The molecule has 0 spiro atoms. The minimum atomic E-state index is -0.324. The van der Waals surface area contributed by atoms with Gasteiger partial charge in [-0.05, 0) is 40.6 Å². The molecule has 0 bridgehead atoms. The van der Waals surface area contributed by atoms with Gasteiger partial charge in [-0.2, -0.15) is 20.1 Å². The summed E-state index contributed by atoms with van der Waals surface area (Å²) in [6.07, 6.45) is 1.51. The third-order valence-electron chi connectivity index (χ3n) is 5.15. The van der Waals surface area contributed by atoms with Crippen molar-refractivity contribution in [1.82, 2.24) is 15.0 Å². The molecule has 1 aliphatic heterocycles. The van der Waals surface area contributed by atoms with E-state index in [0.717, 1.165) is 16.5 Å². The highest BCUT2D eigenvalue weighted by molar-refractivity contribution is 5.86. The summed E-state index contributed by atoms with van der Waals surface area (Å²) in [7, 11) is 0. The summed E-state index contributed by atoms with van der Waals surface area (Å²) in [6.45, 7) is 2.59. The van der Waals surface area contributed by atoms with E-state index in [2.05, 4.69) is 42.9 Å². The zero-order valence-corrected chi connectivity index (χ0v) is 17.8. The van der Waals surface area contributed by atoms with Crippen molar-refractivity contribution in [3.63, 3.8) is 0 Å². The van der Waals surface area contributed by atoms with Crippen LogP contribution in [0, 0.1) is 5.82 Å². The Labute approximate surface area is 190 Å². The van der Waals surface area contributed by atoms with Gasteiger partial charge in [0.05, 0.1) is 19.4 Å². The van der Waals surface area contributed by atoms with Gasteiger partial charge in [0.1, 0.15) is 5.82 Å². The highest BCUT2D eigenvalue weighted by Crippen LogP contribution is 2.22. The Morgan fingerprint density at radius 1 is 0.879 bits per heavy atom. The SMILES string of the molecule is Fc1cccc(/C=N\Nc2nc(Nc3ccc4ccccc4c3)nc(N3CCOCC3)n2)c1. The molecule has 0 atom stereocenters. The van der Waals surface area contributed by atoms with Gasteiger partial charge in [-0.25, -0.2) is 9.82 Å². The molecule has 1 aliphatic rings. The first-order valence-corrected chi connectivity index (χ1v) is 10.6. The smallest absolute Gasteiger partial charge is 0.250 e. The largest absolute Gasteiger partial charge is 0.378 e. The van der Waals surface area contributed by atoms with E-state index >= 15 is 0 Å². The molecule has 4 aromatic rings. The summed E-state index contributed by atoms with van der Waals surface area (Å²) in [4.78, 5) is 15.6. The van der Waals surface area contributed by atoms with E-state index in [1.54, 1.807) is 12.1 Å². The quantitative estimate of drug-likeness (QED) is 0.341. The van der Waals surface area contributed by atoms with Crippen LogP contribution < -0.4 is 15.6 Å². The molecule has 1 fully saturated rings. The molecule has 0 unspecified atom stereocenters. The van der Waals surface area contributed by atoms with Gasteiger partial charge in [0.25, 0.3) is 0 Å². The lowest BCUT2D eigenvalue weighted by atomic mass is 10.1. The van der Waals surface area contributed by atoms with Crippen molar-refractivity contribution >= 4 is 40.5 Å². The summed E-state index contributed by atoms with van der Waals surface area (Å²) in [5.74, 6) is 0.878. The summed E-state index contributed by atoms with van der Waals surface area (Å²) >= 11 is 0. The normalized spacial score (nSPS) is 14.0. The Kier molecular flexibility index (Phi) is 6.03. The van der Waals surface area contributed by atoms with Gasteiger partial charge >= 0.3 is 0 Å². The lowest BCUT2D eigenvalue weighted by Crippen LogP contribution is -2.37. The number of halogens is 1. The molecule has 0 saturated carbocycles. The summed E-state index contributed by atoms with van der Waals surface area (Å²) in [6, 6.07) is 20.4. The fourth-order valence-electron chi connectivity index (χ4n) is 3.52. The van der Waals surface area contributed by atoms with E-state index in [1.807, 2.05) is 35.2 Å².